The monoisotopic (exact) mass is 482 g/mol. The molecule has 134 valence electrons. The van der Waals surface area contributed by atoms with E-state index in [4.69, 9.17) is 21.1 Å². The number of benzene rings is 2. The van der Waals surface area contributed by atoms with Gasteiger partial charge < -0.3 is 14.8 Å². The van der Waals surface area contributed by atoms with Crippen molar-refractivity contribution in [1.29, 1.82) is 5.26 Å². The number of methoxy groups -OCH3 is 1. The Hall–Kier alpha value is -2.24. The lowest BCUT2D eigenvalue weighted by Crippen LogP contribution is -2.13. The van der Waals surface area contributed by atoms with Gasteiger partial charge in [0, 0.05) is 9.26 Å². The third kappa shape index (κ3) is 5.13. The van der Waals surface area contributed by atoms with Crippen LogP contribution in [0.4, 0.5) is 5.69 Å². The van der Waals surface area contributed by atoms with E-state index in [1.807, 2.05) is 25.1 Å². The molecule has 2 aromatic rings. The summed E-state index contributed by atoms with van der Waals surface area (Å²) in [5.74, 6) is 0.356. The predicted molar refractivity (Wildman–Crippen MR) is 111 cm³/mol. The van der Waals surface area contributed by atoms with Crippen LogP contribution in [0.15, 0.2) is 42.0 Å². The minimum absolute atomic E-state index is 0.0502. The fourth-order valence-electron chi connectivity index (χ4n) is 2.15. The molecule has 0 aliphatic rings. The number of hydrogen-bond donors (Lipinski definition) is 1. The molecule has 0 aliphatic heterocycles. The van der Waals surface area contributed by atoms with E-state index in [0.717, 1.165) is 3.57 Å². The fraction of sp³-hybridized carbons (Fsp3) is 0.158. The van der Waals surface area contributed by atoms with Crippen LogP contribution in [-0.2, 0) is 4.79 Å². The molecule has 0 saturated heterocycles. The Kier molecular flexibility index (Phi) is 7.30. The third-order valence-electron chi connectivity index (χ3n) is 3.32. The number of carbonyl (C=O) groups is 1. The van der Waals surface area contributed by atoms with E-state index >= 15 is 0 Å². The smallest absolute Gasteiger partial charge is 0.266 e. The van der Waals surface area contributed by atoms with Gasteiger partial charge in [0.1, 0.15) is 11.6 Å². The van der Waals surface area contributed by atoms with Crippen LogP contribution >= 0.6 is 34.2 Å². The first kappa shape index (κ1) is 20.1. The summed E-state index contributed by atoms with van der Waals surface area (Å²) in [6, 6.07) is 12.5. The molecule has 1 N–H and O–H groups in total. The van der Waals surface area contributed by atoms with Gasteiger partial charge in [0.05, 0.1) is 18.7 Å². The molecule has 5 nitrogen and oxygen atoms in total. The summed E-state index contributed by atoms with van der Waals surface area (Å²) in [5, 5.41) is 12.4. The summed E-state index contributed by atoms with van der Waals surface area (Å²) in [5.41, 5.74) is 1.12. The van der Waals surface area contributed by atoms with Crippen LogP contribution in [0, 0.1) is 14.9 Å². The van der Waals surface area contributed by atoms with Crippen LogP contribution < -0.4 is 14.8 Å². The van der Waals surface area contributed by atoms with Gasteiger partial charge in [-0.15, -0.1) is 0 Å². The van der Waals surface area contributed by atoms with Crippen molar-refractivity contribution in [1.82, 2.24) is 0 Å². The maximum Gasteiger partial charge on any atom is 0.266 e. The summed E-state index contributed by atoms with van der Waals surface area (Å²) in [7, 11) is 1.50. The van der Waals surface area contributed by atoms with Crippen molar-refractivity contribution < 1.29 is 14.3 Å². The first-order chi connectivity index (χ1) is 12.5. The first-order valence-corrected chi connectivity index (χ1v) is 9.13. The average Bonchev–Trinajstić information content (AvgIpc) is 2.63. The topological polar surface area (TPSA) is 71.3 Å². The highest BCUT2D eigenvalue weighted by Gasteiger charge is 2.14. The highest BCUT2D eigenvalue weighted by atomic mass is 127. The van der Waals surface area contributed by atoms with Gasteiger partial charge in [-0.3, -0.25) is 4.79 Å². The Morgan fingerprint density at radius 2 is 2.04 bits per heavy atom. The van der Waals surface area contributed by atoms with Gasteiger partial charge in [0.15, 0.2) is 11.5 Å². The minimum atomic E-state index is -0.502. The maximum absolute atomic E-state index is 12.3. The molecule has 7 heteroatoms. The Labute approximate surface area is 170 Å². The summed E-state index contributed by atoms with van der Waals surface area (Å²) in [6.07, 6.45) is 1.45. The zero-order valence-electron chi connectivity index (χ0n) is 14.2. The molecule has 2 rings (SSSR count). The summed E-state index contributed by atoms with van der Waals surface area (Å²) >= 11 is 8.40. The zero-order valence-corrected chi connectivity index (χ0v) is 17.1. The van der Waals surface area contributed by atoms with E-state index in [0.29, 0.717) is 34.4 Å². The number of nitriles is 1. The van der Waals surface area contributed by atoms with Crippen molar-refractivity contribution >= 4 is 51.9 Å². The minimum Gasteiger partial charge on any atom is -0.493 e. The Balaban J connectivity index is 2.30. The second-order valence-corrected chi connectivity index (χ2v) is 6.75. The van der Waals surface area contributed by atoms with Gasteiger partial charge in [-0.2, -0.15) is 5.26 Å². The summed E-state index contributed by atoms with van der Waals surface area (Å²) < 4.78 is 11.8. The lowest BCUT2D eigenvalue weighted by Gasteiger charge is -2.12. The zero-order chi connectivity index (χ0) is 19.1. The number of hydrogen-bond acceptors (Lipinski definition) is 4. The number of carbonyl (C=O) groups excluding carboxylic acids is 1. The van der Waals surface area contributed by atoms with Crippen LogP contribution in [0.2, 0.25) is 5.02 Å². The first-order valence-electron chi connectivity index (χ1n) is 7.67. The number of anilines is 1. The largest absolute Gasteiger partial charge is 0.493 e. The van der Waals surface area contributed by atoms with Crippen LogP contribution in [-0.4, -0.2) is 19.6 Å². The standard InChI is InChI=1S/C19H16ClIN2O3/c1-3-26-18-16(20)9-12(10-17(18)25-2)8-13(11-22)19(24)23-15-6-4-14(21)5-7-15/h4-10H,3H2,1-2H3,(H,23,24)/b13-8+. The Morgan fingerprint density at radius 3 is 2.62 bits per heavy atom. The van der Waals surface area contributed by atoms with E-state index in [1.165, 1.54) is 13.2 Å². The molecule has 0 heterocycles. The van der Waals surface area contributed by atoms with Crippen molar-refractivity contribution in [2.24, 2.45) is 0 Å². The molecule has 0 fully saturated rings. The quantitative estimate of drug-likeness (QED) is 0.361. The van der Waals surface area contributed by atoms with Gasteiger partial charge in [-0.05, 0) is 77.6 Å². The van der Waals surface area contributed by atoms with E-state index < -0.39 is 5.91 Å². The molecule has 1 amide bonds. The van der Waals surface area contributed by atoms with Gasteiger partial charge >= 0.3 is 0 Å². The predicted octanol–water partition coefficient (Wildman–Crippen LogP) is 4.90. The molecule has 26 heavy (non-hydrogen) atoms. The molecule has 0 aliphatic carbocycles. The normalized spacial score (nSPS) is 10.8. The van der Waals surface area contributed by atoms with Crippen LogP contribution in [0.25, 0.3) is 6.08 Å². The summed E-state index contributed by atoms with van der Waals surface area (Å²) in [6.45, 7) is 2.28. The van der Waals surface area contributed by atoms with Crippen molar-refractivity contribution in [3.05, 3.63) is 56.1 Å². The lowest BCUT2D eigenvalue weighted by atomic mass is 10.1. The molecule has 0 atom stereocenters. The van der Waals surface area contributed by atoms with Crippen molar-refractivity contribution in [3.63, 3.8) is 0 Å². The van der Waals surface area contributed by atoms with Crippen molar-refractivity contribution in [3.8, 4) is 17.6 Å². The van der Waals surface area contributed by atoms with E-state index in [9.17, 15) is 10.1 Å². The van der Waals surface area contributed by atoms with Gasteiger partial charge in [-0.25, -0.2) is 0 Å². The number of amides is 1. The van der Waals surface area contributed by atoms with Crippen LogP contribution in [0.3, 0.4) is 0 Å². The third-order valence-corrected chi connectivity index (χ3v) is 4.32. The van der Waals surface area contributed by atoms with Crippen molar-refractivity contribution in [2.45, 2.75) is 6.92 Å². The second kappa shape index (κ2) is 9.46. The second-order valence-electron chi connectivity index (χ2n) is 5.10. The molecule has 0 spiro atoms. The number of ether oxygens (including phenoxy) is 2. The molecule has 0 bridgehead atoms. The maximum atomic E-state index is 12.3. The highest BCUT2D eigenvalue weighted by molar-refractivity contribution is 14.1. The van der Waals surface area contributed by atoms with Gasteiger partial charge in [-0.1, -0.05) is 11.6 Å². The van der Waals surface area contributed by atoms with E-state index in [-0.39, 0.29) is 5.57 Å². The molecular weight excluding hydrogens is 467 g/mol. The molecule has 2 aromatic carbocycles. The molecular formula is C19H16ClIN2O3. The lowest BCUT2D eigenvalue weighted by molar-refractivity contribution is -0.112. The van der Waals surface area contributed by atoms with Gasteiger partial charge in [0.25, 0.3) is 5.91 Å². The number of nitrogens with zero attached hydrogens (tertiary/aromatic N) is 1. The number of halogens is 2. The van der Waals surface area contributed by atoms with Gasteiger partial charge in [0.2, 0.25) is 0 Å². The summed E-state index contributed by atoms with van der Waals surface area (Å²) in [4.78, 5) is 12.3. The molecule has 0 unspecified atom stereocenters. The van der Waals surface area contributed by atoms with Crippen molar-refractivity contribution in [2.75, 3.05) is 19.0 Å². The fourth-order valence-corrected chi connectivity index (χ4v) is 2.79. The van der Waals surface area contributed by atoms with Crippen LogP contribution in [0.5, 0.6) is 11.5 Å². The highest BCUT2D eigenvalue weighted by Crippen LogP contribution is 2.37. The number of nitrogens with one attached hydrogen (secondary N) is 1. The SMILES string of the molecule is CCOc1c(Cl)cc(/C=C(\C#N)C(=O)Nc2ccc(I)cc2)cc1OC. The Morgan fingerprint density at radius 1 is 1.35 bits per heavy atom. The molecule has 0 saturated carbocycles. The average molecular weight is 483 g/mol. The van der Waals surface area contributed by atoms with E-state index in [1.54, 1.807) is 24.3 Å². The van der Waals surface area contributed by atoms with Crippen LogP contribution in [0.1, 0.15) is 12.5 Å². The Bertz CT molecular complexity index is 874. The van der Waals surface area contributed by atoms with E-state index in [2.05, 4.69) is 27.9 Å². The number of rotatable bonds is 6. The molecule has 0 radical (unpaired) electrons. The molecule has 0 aromatic heterocycles.